The quantitative estimate of drug-likeness (QED) is 0.179. The number of hydrogen-bond acceptors (Lipinski definition) is 8. The van der Waals surface area contributed by atoms with Gasteiger partial charge in [-0.15, -0.1) is 0 Å². The lowest BCUT2D eigenvalue weighted by atomic mass is 9.80. The number of hydrogen-bond donors (Lipinski definition) is 2. The zero-order valence-corrected chi connectivity index (χ0v) is 26.5. The van der Waals surface area contributed by atoms with Crippen LogP contribution in [0.4, 0.5) is 14.6 Å². The Hall–Kier alpha value is -5.43. The standard InChI is InChI=1S/C37H33F2N3O7/c1-46-28-17-13-26(14-18-28)36(25-11-7-4-8-12-25,27-15-19-29(47-2)20-16-27)48-23-30-32(43)37(38,39)34(49-30)42-22-21-31(41-35(42)45)40-33(44)24-9-5-3-6-10-24/h3-22,30,32,34,43H,23H2,1-2H3,(H,40,41,44,45)/t30-,32-,34-/m1/s1. The number of benzene rings is 4. The Balaban J connectivity index is 1.31. The summed E-state index contributed by atoms with van der Waals surface area (Å²) >= 11 is 0. The Morgan fingerprint density at radius 2 is 1.39 bits per heavy atom. The highest BCUT2D eigenvalue weighted by atomic mass is 19.3. The molecule has 0 bridgehead atoms. The summed E-state index contributed by atoms with van der Waals surface area (Å²) in [6.45, 7) is -0.506. The van der Waals surface area contributed by atoms with E-state index < -0.39 is 48.2 Å². The maximum absolute atomic E-state index is 15.7. The fraction of sp³-hybridized carbons (Fsp3) is 0.216. The van der Waals surface area contributed by atoms with E-state index in [0.717, 1.165) is 6.20 Å². The number of anilines is 1. The van der Waals surface area contributed by atoms with Crippen molar-refractivity contribution in [1.82, 2.24) is 9.55 Å². The van der Waals surface area contributed by atoms with Crippen LogP contribution in [0, 0.1) is 0 Å². The van der Waals surface area contributed by atoms with E-state index in [9.17, 15) is 14.7 Å². The molecule has 1 fully saturated rings. The van der Waals surface area contributed by atoms with Gasteiger partial charge in [-0.05, 0) is 59.2 Å². The first-order valence-electron chi connectivity index (χ1n) is 15.3. The van der Waals surface area contributed by atoms with E-state index in [0.29, 0.717) is 38.3 Å². The smallest absolute Gasteiger partial charge is 0.351 e. The second-order valence-electron chi connectivity index (χ2n) is 11.3. The predicted octanol–water partition coefficient (Wildman–Crippen LogP) is 5.42. The molecular weight excluding hydrogens is 636 g/mol. The van der Waals surface area contributed by atoms with Crippen molar-refractivity contribution in [3.63, 3.8) is 0 Å². The first-order chi connectivity index (χ1) is 23.7. The molecule has 1 saturated heterocycles. The lowest BCUT2D eigenvalue weighted by Crippen LogP contribution is -2.43. The highest BCUT2D eigenvalue weighted by Gasteiger charge is 2.60. The second-order valence-corrected chi connectivity index (χ2v) is 11.3. The van der Waals surface area contributed by atoms with Crippen LogP contribution in [-0.2, 0) is 15.1 Å². The number of carbonyl (C=O) groups is 1. The minimum absolute atomic E-state index is 0.136. The molecule has 0 unspecified atom stereocenters. The minimum Gasteiger partial charge on any atom is -0.497 e. The van der Waals surface area contributed by atoms with Gasteiger partial charge in [-0.25, -0.2) is 4.79 Å². The van der Waals surface area contributed by atoms with E-state index in [2.05, 4.69) is 10.3 Å². The van der Waals surface area contributed by atoms with Gasteiger partial charge in [-0.1, -0.05) is 72.8 Å². The van der Waals surface area contributed by atoms with Crippen LogP contribution in [0.1, 0.15) is 33.3 Å². The molecule has 6 rings (SSSR count). The Morgan fingerprint density at radius 3 is 1.92 bits per heavy atom. The molecule has 1 aliphatic heterocycles. The van der Waals surface area contributed by atoms with Crippen LogP contribution in [0.25, 0.3) is 0 Å². The first kappa shape index (κ1) is 33.5. The molecule has 1 amide bonds. The highest BCUT2D eigenvalue weighted by molar-refractivity contribution is 6.03. The zero-order chi connectivity index (χ0) is 34.6. The Morgan fingerprint density at radius 1 is 0.857 bits per heavy atom. The van der Waals surface area contributed by atoms with E-state index >= 15 is 8.78 Å². The molecule has 0 saturated carbocycles. The summed E-state index contributed by atoms with van der Waals surface area (Å²) in [5, 5.41) is 13.4. The second kappa shape index (κ2) is 14.0. The van der Waals surface area contributed by atoms with Crippen molar-refractivity contribution in [2.75, 3.05) is 26.1 Å². The molecule has 12 heteroatoms. The summed E-state index contributed by atoms with van der Waals surface area (Å²) in [5.41, 5.74) is -0.189. The predicted molar refractivity (Wildman–Crippen MR) is 176 cm³/mol. The first-order valence-corrected chi connectivity index (χ1v) is 15.3. The van der Waals surface area contributed by atoms with Crippen LogP contribution in [0.15, 0.2) is 126 Å². The average molecular weight is 670 g/mol. The average Bonchev–Trinajstić information content (AvgIpc) is 3.36. The molecule has 0 radical (unpaired) electrons. The number of nitrogens with one attached hydrogen (secondary N) is 1. The zero-order valence-electron chi connectivity index (χ0n) is 26.5. The SMILES string of the molecule is COc1ccc(C(OC[C@H]2O[C@@H](n3ccc(NC(=O)c4ccccc4)nc3=O)C(F)(F)[C@@H]2O)(c2ccccc2)c2ccc(OC)cc2)cc1. The number of rotatable bonds is 11. The van der Waals surface area contributed by atoms with Gasteiger partial charge in [0.05, 0.1) is 20.8 Å². The molecule has 4 aromatic carbocycles. The fourth-order valence-electron chi connectivity index (χ4n) is 5.83. The van der Waals surface area contributed by atoms with Gasteiger partial charge in [-0.2, -0.15) is 13.8 Å². The van der Waals surface area contributed by atoms with Crippen molar-refractivity contribution in [3.8, 4) is 11.5 Å². The van der Waals surface area contributed by atoms with Crippen molar-refractivity contribution in [2.45, 2.75) is 30.0 Å². The van der Waals surface area contributed by atoms with E-state index in [1.165, 1.54) is 6.07 Å². The number of carbonyl (C=O) groups excluding carboxylic acids is 1. The van der Waals surface area contributed by atoms with Gasteiger partial charge in [-0.3, -0.25) is 9.36 Å². The minimum atomic E-state index is -3.91. The molecular formula is C37H33F2N3O7. The summed E-state index contributed by atoms with van der Waals surface area (Å²) in [4.78, 5) is 29.3. The van der Waals surface area contributed by atoms with E-state index in [4.69, 9.17) is 18.9 Å². The number of ether oxygens (including phenoxy) is 4. The molecule has 1 aliphatic rings. The molecule has 49 heavy (non-hydrogen) atoms. The summed E-state index contributed by atoms with van der Waals surface area (Å²) in [5.74, 6) is -3.38. The summed E-state index contributed by atoms with van der Waals surface area (Å²) in [6, 6.07) is 32.9. The van der Waals surface area contributed by atoms with Gasteiger partial charge in [0.1, 0.15) is 29.0 Å². The maximum atomic E-state index is 15.7. The Kier molecular flexibility index (Phi) is 9.54. The third kappa shape index (κ3) is 6.53. The van der Waals surface area contributed by atoms with Crippen LogP contribution in [0.5, 0.6) is 11.5 Å². The van der Waals surface area contributed by atoms with Crippen LogP contribution >= 0.6 is 0 Å². The van der Waals surface area contributed by atoms with Crippen molar-refractivity contribution in [1.29, 1.82) is 0 Å². The fourth-order valence-corrected chi connectivity index (χ4v) is 5.83. The topological polar surface area (TPSA) is 121 Å². The Bertz CT molecular complexity index is 1890. The van der Waals surface area contributed by atoms with Crippen molar-refractivity contribution in [3.05, 3.63) is 154 Å². The molecule has 3 atom stereocenters. The molecule has 5 aromatic rings. The molecule has 1 aromatic heterocycles. The maximum Gasteiger partial charge on any atom is 0.351 e. The van der Waals surface area contributed by atoms with Crippen LogP contribution in [0.2, 0.25) is 0 Å². The summed E-state index contributed by atoms with van der Waals surface area (Å²) in [6.07, 6.45) is -5.08. The molecule has 0 aliphatic carbocycles. The number of amides is 1. The van der Waals surface area contributed by atoms with E-state index in [1.54, 1.807) is 68.8 Å². The highest BCUT2D eigenvalue weighted by Crippen LogP contribution is 2.45. The molecule has 0 spiro atoms. The molecule has 10 nitrogen and oxygen atoms in total. The van der Waals surface area contributed by atoms with Crippen LogP contribution in [-0.4, -0.2) is 59.5 Å². The van der Waals surface area contributed by atoms with Gasteiger partial charge >= 0.3 is 11.6 Å². The van der Waals surface area contributed by atoms with Crippen molar-refractivity contribution in [2.24, 2.45) is 0 Å². The number of methoxy groups -OCH3 is 2. The van der Waals surface area contributed by atoms with E-state index in [1.807, 2.05) is 54.6 Å². The lowest BCUT2D eigenvalue weighted by Gasteiger charge is -2.37. The van der Waals surface area contributed by atoms with Gasteiger partial charge < -0.3 is 29.4 Å². The molecule has 2 heterocycles. The van der Waals surface area contributed by atoms with Gasteiger partial charge in [0, 0.05) is 11.8 Å². The number of aliphatic hydroxyl groups excluding tert-OH is 1. The summed E-state index contributed by atoms with van der Waals surface area (Å²) < 4.78 is 55.0. The van der Waals surface area contributed by atoms with Crippen LogP contribution in [0.3, 0.4) is 0 Å². The number of aliphatic hydroxyl groups is 1. The van der Waals surface area contributed by atoms with E-state index in [-0.39, 0.29) is 5.82 Å². The third-order valence-electron chi connectivity index (χ3n) is 8.38. The van der Waals surface area contributed by atoms with Gasteiger partial charge in [0.2, 0.25) is 6.23 Å². The third-order valence-corrected chi connectivity index (χ3v) is 8.38. The number of alkyl halides is 2. The number of aromatic nitrogens is 2. The normalized spacial score (nSPS) is 18.5. The molecule has 2 N–H and O–H groups in total. The summed E-state index contributed by atoms with van der Waals surface area (Å²) in [7, 11) is 3.09. The number of nitrogens with zero attached hydrogens (tertiary/aromatic N) is 2. The molecule has 252 valence electrons. The Labute approximate surface area is 280 Å². The van der Waals surface area contributed by atoms with Gasteiger partial charge in [0.25, 0.3) is 5.91 Å². The van der Waals surface area contributed by atoms with Crippen molar-refractivity contribution < 1.29 is 37.6 Å². The van der Waals surface area contributed by atoms with Crippen molar-refractivity contribution >= 4 is 11.7 Å². The van der Waals surface area contributed by atoms with Crippen LogP contribution < -0.4 is 20.5 Å². The monoisotopic (exact) mass is 669 g/mol. The van der Waals surface area contributed by atoms with Gasteiger partial charge in [0.15, 0.2) is 6.10 Å². The lowest BCUT2D eigenvalue weighted by molar-refractivity contribution is -0.141. The number of halogens is 2. The largest absolute Gasteiger partial charge is 0.497 e.